The summed E-state index contributed by atoms with van der Waals surface area (Å²) in [5.41, 5.74) is 8.27. The summed E-state index contributed by atoms with van der Waals surface area (Å²) in [6, 6.07) is 6.68. The van der Waals surface area contributed by atoms with Gasteiger partial charge in [0.25, 0.3) is 20.2 Å². The highest BCUT2D eigenvalue weighted by molar-refractivity contribution is 7.89. The second-order valence-corrected chi connectivity index (χ2v) is 6.57. The van der Waals surface area contributed by atoms with Crippen LogP contribution in [0, 0.1) is 0 Å². The van der Waals surface area contributed by atoms with E-state index in [2.05, 4.69) is 5.11 Å². The van der Waals surface area contributed by atoms with Crippen LogP contribution in [0.15, 0.2) is 45.2 Å². The van der Waals surface area contributed by atoms with E-state index in [4.69, 9.17) is 14.6 Å². The zero-order valence-corrected chi connectivity index (χ0v) is 11.3. The lowest BCUT2D eigenvalue weighted by molar-refractivity contribution is 0.467. The Bertz CT molecular complexity index is 918. The molecule has 2 aromatic rings. The molecule has 0 saturated heterocycles. The third-order valence-electron chi connectivity index (χ3n) is 2.58. The van der Waals surface area contributed by atoms with Gasteiger partial charge in [0, 0.05) is 5.39 Å². The molecule has 1 radical (unpaired) electrons. The molecular weight excluding hydrogens is 308 g/mol. The van der Waals surface area contributed by atoms with Crippen LogP contribution >= 0.6 is 0 Å². The van der Waals surface area contributed by atoms with Crippen molar-refractivity contribution in [1.29, 1.82) is 0 Å². The summed E-state index contributed by atoms with van der Waals surface area (Å²) < 4.78 is 63.4. The largest absolute Gasteiger partial charge is 0.298 e. The van der Waals surface area contributed by atoms with Gasteiger partial charge in [-0.15, -0.1) is 5.11 Å². The van der Waals surface area contributed by atoms with Crippen LogP contribution in [0.4, 0.5) is 5.69 Å². The zero-order chi connectivity index (χ0) is 15.1. The lowest BCUT2D eigenvalue weighted by atomic mass is 10.1. The molecule has 0 spiro atoms. The van der Waals surface area contributed by atoms with Crippen LogP contribution in [-0.4, -0.2) is 25.9 Å². The van der Waals surface area contributed by atoms with E-state index in [0.29, 0.717) is 0 Å². The van der Waals surface area contributed by atoms with Crippen molar-refractivity contribution in [3.63, 3.8) is 0 Å². The standard InChI is InChI=1S/C10H7N2O6S2/c11-12-9-7-4-2-1-3-6(7)5-8(19(13,14)15)10(9)20(16,17)18/h1-5H,(H,13,14,15)(H,16,17,18). The molecule has 0 heterocycles. The van der Waals surface area contributed by atoms with E-state index in [1.807, 2.05) is 0 Å². The average molecular weight is 315 g/mol. The normalized spacial score (nSPS) is 12.5. The molecule has 0 aliphatic rings. The van der Waals surface area contributed by atoms with Crippen molar-refractivity contribution in [1.82, 2.24) is 5.53 Å². The Morgan fingerprint density at radius 1 is 1.00 bits per heavy atom. The Morgan fingerprint density at radius 2 is 1.60 bits per heavy atom. The third kappa shape index (κ3) is 2.41. The first-order chi connectivity index (χ1) is 9.16. The molecule has 8 nitrogen and oxygen atoms in total. The first-order valence-corrected chi connectivity index (χ1v) is 7.90. The first kappa shape index (κ1) is 14.5. The molecular formula is C10H7N2O6S2. The first-order valence-electron chi connectivity index (χ1n) is 5.02. The molecule has 0 amide bonds. The highest BCUT2D eigenvalue weighted by atomic mass is 32.2. The number of benzene rings is 2. The molecule has 0 aromatic heterocycles. The van der Waals surface area contributed by atoms with Crippen molar-refractivity contribution in [2.75, 3.05) is 0 Å². The van der Waals surface area contributed by atoms with Crippen molar-refractivity contribution < 1.29 is 25.9 Å². The minimum atomic E-state index is -5.04. The molecule has 2 N–H and O–H groups in total. The maximum absolute atomic E-state index is 11.3. The molecule has 0 saturated carbocycles. The molecule has 0 unspecified atom stereocenters. The summed E-state index contributed by atoms with van der Waals surface area (Å²) in [7, 11) is -9.99. The van der Waals surface area contributed by atoms with Crippen LogP contribution in [0.5, 0.6) is 0 Å². The van der Waals surface area contributed by atoms with Gasteiger partial charge in [-0.05, 0) is 17.0 Å². The van der Waals surface area contributed by atoms with Crippen LogP contribution < -0.4 is 5.53 Å². The van der Waals surface area contributed by atoms with Crippen molar-refractivity contribution in [2.24, 2.45) is 5.11 Å². The Balaban J connectivity index is 3.18. The molecule has 0 aliphatic carbocycles. The fourth-order valence-corrected chi connectivity index (χ4v) is 3.77. The molecule has 0 atom stereocenters. The SMILES string of the molecule is [N]=Nc1c(S(=O)(=O)O)c(S(=O)(=O)O)cc2ccccc12. The Kier molecular flexibility index (Phi) is 3.34. The summed E-state index contributed by atoms with van der Waals surface area (Å²) in [6.45, 7) is 0. The maximum atomic E-state index is 11.3. The van der Waals surface area contributed by atoms with Gasteiger partial charge in [-0.1, -0.05) is 24.3 Å². The van der Waals surface area contributed by atoms with Gasteiger partial charge in [0.2, 0.25) is 0 Å². The highest BCUT2D eigenvalue weighted by Crippen LogP contribution is 2.37. The lowest BCUT2D eigenvalue weighted by Gasteiger charge is -2.10. The van der Waals surface area contributed by atoms with Gasteiger partial charge in [0.1, 0.15) is 15.5 Å². The summed E-state index contributed by atoms with van der Waals surface area (Å²) >= 11 is 0. The monoisotopic (exact) mass is 315 g/mol. The Morgan fingerprint density at radius 3 is 2.10 bits per heavy atom. The van der Waals surface area contributed by atoms with E-state index in [1.54, 1.807) is 0 Å². The fraction of sp³-hybridized carbons (Fsp3) is 0. The van der Waals surface area contributed by atoms with Gasteiger partial charge < -0.3 is 0 Å². The van der Waals surface area contributed by atoms with Crippen LogP contribution in [0.1, 0.15) is 0 Å². The molecule has 0 bridgehead atoms. The summed E-state index contributed by atoms with van der Waals surface area (Å²) in [5, 5.41) is 3.03. The quantitative estimate of drug-likeness (QED) is 0.643. The average Bonchev–Trinajstić information content (AvgIpc) is 2.34. The van der Waals surface area contributed by atoms with E-state index in [-0.39, 0.29) is 10.8 Å². The van der Waals surface area contributed by atoms with E-state index in [9.17, 15) is 16.8 Å². The Labute approximate surface area is 114 Å². The number of rotatable bonds is 3. The van der Waals surface area contributed by atoms with Gasteiger partial charge in [-0.25, -0.2) is 0 Å². The van der Waals surface area contributed by atoms with Crippen molar-refractivity contribution >= 4 is 36.7 Å². The molecule has 0 fully saturated rings. The molecule has 20 heavy (non-hydrogen) atoms. The molecule has 10 heteroatoms. The van der Waals surface area contributed by atoms with Gasteiger partial charge >= 0.3 is 0 Å². The fourth-order valence-electron chi connectivity index (χ4n) is 1.82. The summed E-state index contributed by atoms with van der Waals surface area (Å²) in [5.74, 6) is 0. The van der Waals surface area contributed by atoms with Gasteiger partial charge in [-0.2, -0.15) is 16.8 Å². The van der Waals surface area contributed by atoms with Gasteiger partial charge in [-0.3, -0.25) is 9.11 Å². The van der Waals surface area contributed by atoms with E-state index < -0.39 is 35.7 Å². The molecule has 2 rings (SSSR count). The van der Waals surface area contributed by atoms with Crippen molar-refractivity contribution in [2.45, 2.75) is 9.79 Å². The lowest BCUT2D eigenvalue weighted by Crippen LogP contribution is -2.09. The zero-order valence-electron chi connectivity index (χ0n) is 9.63. The second kappa shape index (κ2) is 4.59. The van der Waals surface area contributed by atoms with Crippen LogP contribution in [0.25, 0.3) is 10.8 Å². The summed E-state index contributed by atoms with van der Waals surface area (Å²) in [4.78, 5) is -2.24. The van der Waals surface area contributed by atoms with Crippen LogP contribution in [-0.2, 0) is 20.2 Å². The molecule has 2 aromatic carbocycles. The van der Waals surface area contributed by atoms with E-state index in [0.717, 1.165) is 6.07 Å². The topological polar surface area (TPSA) is 143 Å². The predicted octanol–water partition coefficient (Wildman–Crippen LogP) is 1.22. The maximum Gasteiger partial charge on any atom is 0.298 e. The minimum absolute atomic E-state index is 0.0926. The smallest absolute Gasteiger partial charge is 0.282 e. The second-order valence-electron chi connectivity index (χ2n) is 3.82. The number of hydrogen-bond acceptors (Lipinski definition) is 5. The predicted molar refractivity (Wildman–Crippen MR) is 67.8 cm³/mol. The van der Waals surface area contributed by atoms with Crippen LogP contribution in [0.3, 0.4) is 0 Å². The van der Waals surface area contributed by atoms with Crippen molar-refractivity contribution in [3.05, 3.63) is 30.3 Å². The molecule has 105 valence electrons. The number of fused-ring (bicyclic) bond motifs is 1. The highest BCUT2D eigenvalue weighted by Gasteiger charge is 2.29. The summed E-state index contributed by atoms with van der Waals surface area (Å²) in [6.07, 6.45) is 0. The molecule has 0 aliphatic heterocycles. The number of nitrogens with zero attached hydrogens (tertiary/aromatic N) is 2. The van der Waals surface area contributed by atoms with Crippen molar-refractivity contribution in [3.8, 4) is 0 Å². The van der Waals surface area contributed by atoms with Gasteiger partial charge in [0.15, 0.2) is 0 Å². The van der Waals surface area contributed by atoms with E-state index in [1.165, 1.54) is 24.3 Å². The van der Waals surface area contributed by atoms with Crippen LogP contribution in [0.2, 0.25) is 0 Å². The number of hydrogen-bond donors (Lipinski definition) is 2. The third-order valence-corrected chi connectivity index (χ3v) is 4.51. The van der Waals surface area contributed by atoms with E-state index >= 15 is 0 Å². The Hall–Kier alpha value is -1.88. The minimum Gasteiger partial charge on any atom is -0.282 e. The van der Waals surface area contributed by atoms with Gasteiger partial charge in [0.05, 0.1) is 0 Å².